The number of nitrogens with two attached hydrogens (primary N) is 1. The van der Waals surface area contributed by atoms with Crippen LogP contribution in [0.25, 0.3) is 15.7 Å². The van der Waals surface area contributed by atoms with Crippen LogP contribution in [0.4, 0.5) is 10.5 Å². The van der Waals surface area contributed by atoms with Gasteiger partial charge in [-0.1, -0.05) is 0 Å². The molecule has 2 aromatic rings. The lowest BCUT2D eigenvalue weighted by Crippen LogP contribution is -2.51. The Bertz CT molecular complexity index is 907. The molecule has 4 N–H and O–H groups in total. The Morgan fingerprint density at radius 1 is 1.39 bits per heavy atom. The number of rotatable bonds is 5. The maximum absolute atomic E-state index is 13.0. The second-order valence-electron chi connectivity index (χ2n) is 7.73. The summed E-state index contributed by atoms with van der Waals surface area (Å²) in [7, 11) is 1.54. The predicted molar refractivity (Wildman–Crippen MR) is 108 cm³/mol. The molecule has 0 aliphatic carbocycles. The molecule has 8 heteroatoms. The fraction of sp³-hybridized carbons (Fsp3) is 0.450. The molecule has 0 saturated heterocycles. The number of aromatic nitrogens is 1. The fourth-order valence-corrected chi connectivity index (χ4v) is 2.75. The highest BCUT2D eigenvalue weighted by Gasteiger charge is 2.31. The third kappa shape index (κ3) is 5.16. The number of hydrogen-bond donors (Lipinski definition) is 3. The van der Waals surface area contributed by atoms with Crippen LogP contribution >= 0.6 is 0 Å². The smallest absolute Gasteiger partial charge is 0.408 e. The zero-order valence-corrected chi connectivity index (χ0v) is 16.9. The van der Waals surface area contributed by atoms with Crippen LogP contribution in [0, 0.1) is 6.57 Å². The number of carbonyl (C=O) groups is 2. The molecule has 0 aliphatic rings. The summed E-state index contributed by atoms with van der Waals surface area (Å²) in [5.74, 6) is -0.368. The van der Waals surface area contributed by atoms with Crippen LogP contribution in [0.2, 0.25) is 0 Å². The van der Waals surface area contributed by atoms with E-state index in [9.17, 15) is 9.59 Å². The molecule has 1 aromatic heterocycles. The largest absolute Gasteiger partial charge is 0.444 e. The van der Waals surface area contributed by atoms with Gasteiger partial charge in [0.2, 0.25) is 0 Å². The summed E-state index contributed by atoms with van der Waals surface area (Å²) in [6.07, 6.45) is 0.693. The maximum atomic E-state index is 13.0. The summed E-state index contributed by atoms with van der Waals surface area (Å²) in [4.78, 5) is 33.1. The molecule has 8 nitrogen and oxygen atoms in total. The number of amides is 2. The number of nitrogen functional groups attached to an aromatic ring is 1. The first-order valence-electron chi connectivity index (χ1n) is 9.00. The van der Waals surface area contributed by atoms with Gasteiger partial charge in [-0.2, -0.15) is 0 Å². The first kappa shape index (κ1) is 21.1. The van der Waals surface area contributed by atoms with Gasteiger partial charge in [0.05, 0.1) is 0 Å². The number of nitrogens with zero attached hydrogens (tertiary/aromatic N) is 2. The van der Waals surface area contributed by atoms with Gasteiger partial charge in [-0.3, -0.25) is 14.5 Å². The van der Waals surface area contributed by atoms with Gasteiger partial charge in [0, 0.05) is 43.2 Å². The number of likely N-dealkylation sites (N-methyl/N-ethyl adjacent to an activating group) is 1. The molecule has 2 atom stereocenters. The van der Waals surface area contributed by atoms with Gasteiger partial charge in [-0.15, -0.1) is 0 Å². The molecule has 0 aliphatic heterocycles. The van der Waals surface area contributed by atoms with Crippen molar-refractivity contribution in [1.82, 2.24) is 15.2 Å². The van der Waals surface area contributed by atoms with Crippen molar-refractivity contribution in [1.29, 1.82) is 0 Å². The fourth-order valence-electron chi connectivity index (χ4n) is 2.75. The van der Waals surface area contributed by atoms with E-state index in [4.69, 9.17) is 17.0 Å². The van der Waals surface area contributed by atoms with Gasteiger partial charge in [-0.25, -0.2) is 11.4 Å². The standard InChI is InChI=1S/C20H27N5O3/c1-12(22-5)25(6)18(26)17(24-19(27)28-20(2,3)4)9-13-11-23-16-8-7-14(21)10-15(13)16/h7-8,10-12,17,23H,9,21H2,1-4,6H3,(H,24,27). The first-order chi connectivity index (χ1) is 13.0. The number of anilines is 1. The molecule has 0 bridgehead atoms. The number of nitrogens with one attached hydrogen (secondary N) is 2. The van der Waals surface area contributed by atoms with Gasteiger partial charge in [-0.05, 0) is 44.5 Å². The van der Waals surface area contributed by atoms with E-state index < -0.39 is 23.9 Å². The average Bonchev–Trinajstić information content (AvgIpc) is 2.99. The van der Waals surface area contributed by atoms with Gasteiger partial charge in [0.25, 0.3) is 12.1 Å². The Morgan fingerprint density at radius 3 is 2.68 bits per heavy atom. The Hall–Kier alpha value is -3.21. The number of aromatic amines is 1. The average molecular weight is 385 g/mol. The number of alkyl carbamates (subject to hydrolysis) is 1. The summed E-state index contributed by atoms with van der Waals surface area (Å²) in [5.41, 5.74) is 7.52. The number of H-pyrrole nitrogens is 1. The van der Waals surface area contributed by atoms with Gasteiger partial charge in [0.15, 0.2) is 0 Å². The van der Waals surface area contributed by atoms with Crippen LogP contribution in [0.5, 0.6) is 0 Å². The van der Waals surface area contributed by atoms with Crippen molar-refractivity contribution < 1.29 is 14.3 Å². The van der Waals surface area contributed by atoms with Crippen LogP contribution in [0.15, 0.2) is 24.4 Å². The summed E-state index contributed by atoms with van der Waals surface area (Å²) >= 11 is 0. The molecule has 2 unspecified atom stereocenters. The van der Waals surface area contributed by atoms with Crippen molar-refractivity contribution in [2.45, 2.75) is 51.9 Å². The minimum Gasteiger partial charge on any atom is -0.444 e. The number of ether oxygens (including phenoxy) is 1. The number of fused-ring (bicyclic) bond motifs is 1. The third-order valence-electron chi connectivity index (χ3n) is 4.30. The molecule has 2 rings (SSSR count). The lowest BCUT2D eigenvalue weighted by atomic mass is 10.0. The number of benzene rings is 1. The highest BCUT2D eigenvalue weighted by molar-refractivity contribution is 5.89. The summed E-state index contributed by atoms with van der Waals surface area (Å²) < 4.78 is 5.30. The van der Waals surface area contributed by atoms with Gasteiger partial charge >= 0.3 is 6.09 Å². The monoisotopic (exact) mass is 385 g/mol. The lowest BCUT2D eigenvalue weighted by molar-refractivity contribution is -0.133. The van der Waals surface area contributed by atoms with E-state index in [0.29, 0.717) is 5.69 Å². The molecule has 1 aromatic carbocycles. The molecule has 150 valence electrons. The molecule has 28 heavy (non-hydrogen) atoms. The normalized spacial score (nSPS) is 13.4. The molecule has 1 heterocycles. The highest BCUT2D eigenvalue weighted by atomic mass is 16.6. The lowest BCUT2D eigenvalue weighted by Gasteiger charge is -2.26. The second-order valence-corrected chi connectivity index (χ2v) is 7.73. The minimum atomic E-state index is -0.885. The third-order valence-corrected chi connectivity index (χ3v) is 4.30. The number of carbonyl (C=O) groups excluding carboxylic acids is 2. The predicted octanol–water partition coefficient (Wildman–Crippen LogP) is 2.91. The second kappa shape index (κ2) is 8.21. The highest BCUT2D eigenvalue weighted by Crippen LogP contribution is 2.23. The quantitative estimate of drug-likeness (QED) is 0.544. The van der Waals surface area contributed by atoms with Crippen LogP contribution in [0.3, 0.4) is 0 Å². The van der Waals surface area contributed by atoms with E-state index in [1.807, 2.05) is 12.1 Å². The zero-order chi connectivity index (χ0) is 21.1. The Morgan fingerprint density at radius 2 is 2.07 bits per heavy atom. The molecule has 0 saturated carbocycles. The zero-order valence-electron chi connectivity index (χ0n) is 16.9. The van der Waals surface area contributed by atoms with E-state index in [1.165, 1.54) is 4.90 Å². The van der Waals surface area contributed by atoms with E-state index >= 15 is 0 Å². The Labute approximate surface area is 164 Å². The summed E-state index contributed by atoms with van der Waals surface area (Å²) in [6, 6.07) is 4.58. The molecular formula is C20H27N5O3. The Balaban J connectivity index is 2.31. The Kier molecular flexibility index (Phi) is 6.19. The molecular weight excluding hydrogens is 358 g/mol. The summed E-state index contributed by atoms with van der Waals surface area (Å²) in [5, 5.41) is 3.53. The van der Waals surface area contributed by atoms with Crippen LogP contribution < -0.4 is 11.1 Å². The molecule has 0 radical (unpaired) electrons. The molecule has 0 fully saturated rings. The van der Waals surface area contributed by atoms with E-state index in [0.717, 1.165) is 16.5 Å². The molecule has 0 spiro atoms. The first-order valence-corrected chi connectivity index (χ1v) is 9.00. The topological polar surface area (TPSA) is 105 Å². The van der Waals surface area contributed by atoms with Crippen molar-refractivity contribution in [3.05, 3.63) is 41.4 Å². The van der Waals surface area contributed by atoms with Crippen molar-refractivity contribution in [2.75, 3.05) is 12.8 Å². The van der Waals surface area contributed by atoms with E-state index in [1.54, 1.807) is 47.0 Å². The maximum Gasteiger partial charge on any atom is 0.408 e. The van der Waals surface area contributed by atoms with Crippen molar-refractivity contribution in [3.63, 3.8) is 0 Å². The summed E-state index contributed by atoms with van der Waals surface area (Å²) in [6.45, 7) is 14.0. The minimum absolute atomic E-state index is 0.233. The molecule has 2 amide bonds. The van der Waals surface area contributed by atoms with Crippen LogP contribution in [-0.2, 0) is 16.0 Å². The number of hydrogen-bond acceptors (Lipinski definition) is 4. The van der Waals surface area contributed by atoms with Crippen molar-refractivity contribution >= 4 is 28.6 Å². The SMILES string of the molecule is [C-]#[N+]C(C)N(C)C(=O)C(Cc1c[nH]c2ccc(N)cc12)NC(=O)OC(C)(C)C. The van der Waals surface area contributed by atoms with Crippen molar-refractivity contribution in [2.24, 2.45) is 0 Å². The van der Waals surface area contributed by atoms with Gasteiger partial charge in [0.1, 0.15) is 11.6 Å². The van der Waals surface area contributed by atoms with Crippen LogP contribution in [0.1, 0.15) is 33.3 Å². The van der Waals surface area contributed by atoms with Crippen molar-refractivity contribution in [3.8, 4) is 0 Å². The van der Waals surface area contributed by atoms with E-state index in [-0.39, 0.29) is 12.3 Å². The van der Waals surface area contributed by atoms with Crippen LogP contribution in [-0.4, -0.2) is 46.7 Å². The van der Waals surface area contributed by atoms with Gasteiger partial charge < -0.3 is 20.8 Å². The van der Waals surface area contributed by atoms with E-state index in [2.05, 4.69) is 15.1 Å².